The fourth-order valence-electron chi connectivity index (χ4n) is 1.23. The molecule has 7 heteroatoms. The van der Waals surface area contributed by atoms with Crippen molar-refractivity contribution in [2.24, 2.45) is 0 Å². The van der Waals surface area contributed by atoms with Gasteiger partial charge in [0.25, 0.3) is 0 Å². The van der Waals surface area contributed by atoms with Gasteiger partial charge in [-0.3, -0.25) is 0 Å². The first kappa shape index (κ1) is 14.3. The molecule has 0 fully saturated rings. The number of rotatable bonds is 3. The third kappa shape index (κ3) is 4.27. The Balaban J connectivity index is 2.87. The summed E-state index contributed by atoms with van der Waals surface area (Å²) in [5.74, 6) is -0.428. The smallest absolute Gasteiger partial charge is 0.510 e. The van der Waals surface area contributed by atoms with Gasteiger partial charge in [0.05, 0.1) is 11.3 Å². The van der Waals surface area contributed by atoms with Gasteiger partial charge in [0.2, 0.25) is 0 Å². The maximum absolute atomic E-state index is 11.7. The number of anilines is 1. The minimum absolute atomic E-state index is 0.0808. The summed E-state index contributed by atoms with van der Waals surface area (Å²) in [7, 11) is -1.96. The number of carbonyl (C=O) groups is 1. The van der Waals surface area contributed by atoms with Gasteiger partial charge in [-0.05, 0) is 39.0 Å². The van der Waals surface area contributed by atoms with E-state index in [4.69, 9.17) is 20.5 Å². The van der Waals surface area contributed by atoms with Crippen molar-refractivity contribution in [1.29, 1.82) is 0 Å². The van der Waals surface area contributed by atoms with Crippen molar-refractivity contribution in [1.82, 2.24) is 0 Å². The first-order valence-corrected chi connectivity index (χ1v) is 5.35. The van der Waals surface area contributed by atoms with E-state index in [9.17, 15) is 4.79 Å². The minimum atomic E-state index is -1.96. The Hall–Kier alpha value is -1.73. The molecule has 0 saturated heterocycles. The van der Waals surface area contributed by atoms with Crippen LogP contribution in [-0.2, 0) is 4.74 Å². The van der Waals surface area contributed by atoms with E-state index < -0.39 is 18.9 Å². The van der Waals surface area contributed by atoms with E-state index in [1.165, 1.54) is 18.2 Å². The molecule has 1 aromatic rings. The maximum Gasteiger partial charge on any atom is 0.707 e. The number of ether oxygens (including phenoxy) is 1. The first-order chi connectivity index (χ1) is 8.19. The molecule has 0 atom stereocenters. The van der Waals surface area contributed by atoms with Crippen molar-refractivity contribution in [2.75, 3.05) is 5.73 Å². The Morgan fingerprint density at radius 3 is 2.39 bits per heavy atom. The second-order valence-electron chi connectivity index (χ2n) is 4.70. The molecule has 0 spiro atoms. The van der Waals surface area contributed by atoms with Crippen LogP contribution in [0.5, 0.6) is 5.75 Å². The highest BCUT2D eigenvalue weighted by Crippen LogP contribution is 2.24. The predicted molar refractivity (Wildman–Crippen MR) is 66.8 cm³/mol. The first-order valence-electron chi connectivity index (χ1n) is 5.35. The summed E-state index contributed by atoms with van der Waals surface area (Å²) in [6, 6.07) is 4.15. The van der Waals surface area contributed by atoms with Crippen molar-refractivity contribution in [3.63, 3.8) is 0 Å². The summed E-state index contributed by atoms with van der Waals surface area (Å²) in [5.41, 5.74) is 5.40. The van der Waals surface area contributed by atoms with E-state index in [-0.39, 0.29) is 17.0 Å². The number of hydrogen-bond acceptors (Lipinski definition) is 6. The Labute approximate surface area is 106 Å². The average molecular weight is 253 g/mol. The summed E-state index contributed by atoms with van der Waals surface area (Å²) in [4.78, 5) is 11.7. The molecule has 18 heavy (non-hydrogen) atoms. The van der Waals surface area contributed by atoms with Crippen LogP contribution in [0.1, 0.15) is 31.1 Å². The van der Waals surface area contributed by atoms with Crippen molar-refractivity contribution >= 4 is 19.0 Å². The molecule has 0 saturated carbocycles. The normalized spacial score (nSPS) is 10.9. The molecule has 0 amide bonds. The number of hydrogen-bond donors (Lipinski definition) is 3. The minimum Gasteiger partial charge on any atom is -0.510 e. The van der Waals surface area contributed by atoms with Gasteiger partial charge in [-0.1, -0.05) is 0 Å². The monoisotopic (exact) mass is 253 g/mol. The zero-order valence-electron chi connectivity index (χ0n) is 10.5. The molecule has 0 heterocycles. The van der Waals surface area contributed by atoms with Crippen LogP contribution in [0.4, 0.5) is 5.69 Å². The lowest BCUT2D eigenvalue weighted by Gasteiger charge is -2.19. The molecule has 0 bridgehead atoms. The fraction of sp³-hybridized carbons (Fsp3) is 0.364. The van der Waals surface area contributed by atoms with Gasteiger partial charge < -0.3 is 25.2 Å². The highest BCUT2D eigenvalue weighted by atomic mass is 16.6. The predicted octanol–water partition coefficient (Wildman–Crippen LogP) is 0.572. The lowest BCUT2D eigenvalue weighted by atomic mass is 10.1. The molecular weight excluding hydrogens is 237 g/mol. The topological polar surface area (TPSA) is 102 Å². The number of benzene rings is 1. The molecule has 1 aromatic carbocycles. The lowest BCUT2D eigenvalue weighted by molar-refractivity contribution is 0.00696. The molecule has 4 N–H and O–H groups in total. The maximum atomic E-state index is 11.7. The van der Waals surface area contributed by atoms with Gasteiger partial charge in [-0.25, -0.2) is 4.79 Å². The molecule has 0 aromatic heterocycles. The quantitative estimate of drug-likeness (QED) is 0.413. The van der Waals surface area contributed by atoms with Gasteiger partial charge in [0.1, 0.15) is 11.4 Å². The van der Waals surface area contributed by atoms with E-state index in [0.717, 1.165) is 0 Å². The van der Waals surface area contributed by atoms with Gasteiger partial charge in [-0.2, -0.15) is 0 Å². The van der Waals surface area contributed by atoms with Crippen LogP contribution in [0.2, 0.25) is 0 Å². The molecule has 0 aliphatic rings. The summed E-state index contributed by atoms with van der Waals surface area (Å²) in [6.45, 7) is 5.27. The largest absolute Gasteiger partial charge is 0.707 e. The lowest BCUT2D eigenvalue weighted by Crippen LogP contribution is -2.24. The second-order valence-corrected chi connectivity index (χ2v) is 4.70. The van der Waals surface area contributed by atoms with E-state index in [2.05, 4.69) is 4.65 Å². The highest BCUT2D eigenvalue weighted by Gasteiger charge is 2.19. The summed E-state index contributed by atoms with van der Waals surface area (Å²) < 4.78 is 9.78. The van der Waals surface area contributed by atoms with Crippen LogP contribution >= 0.6 is 0 Å². The van der Waals surface area contributed by atoms with Crippen LogP contribution in [0.3, 0.4) is 0 Å². The van der Waals surface area contributed by atoms with E-state index in [1.54, 1.807) is 20.8 Å². The van der Waals surface area contributed by atoms with Crippen molar-refractivity contribution < 1.29 is 24.2 Å². The Bertz CT molecular complexity index is 442. The molecular formula is C11H16BNO5. The van der Waals surface area contributed by atoms with Crippen LogP contribution in [0.25, 0.3) is 0 Å². The van der Waals surface area contributed by atoms with E-state index >= 15 is 0 Å². The van der Waals surface area contributed by atoms with E-state index in [0.29, 0.717) is 0 Å². The molecule has 98 valence electrons. The molecule has 0 aliphatic carbocycles. The molecule has 1 rings (SSSR count). The molecule has 0 unspecified atom stereocenters. The number of esters is 1. The fourth-order valence-corrected chi connectivity index (χ4v) is 1.23. The van der Waals surface area contributed by atoms with Crippen LogP contribution in [0.15, 0.2) is 18.2 Å². The van der Waals surface area contributed by atoms with Crippen LogP contribution < -0.4 is 10.4 Å². The van der Waals surface area contributed by atoms with Gasteiger partial charge >= 0.3 is 13.3 Å². The summed E-state index contributed by atoms with van der Waals surface area (Å²) in [5, 5.41) is 17.3. The number of nitrogen functional groups attached to an aromatic ring is 1. The Kier molecular flexibility index (Phi) is 4.21. The molecule has 0 radical (unpaired) electrons. The zero-order valence-corrected chi connectivity index (χ0v) is 10.5. The average Bonchev–Trinajstić information content (AvgIpc) is 2.17. The summed E-state index contributed by atoms with van der Waals surface area (Å²) in [6.07, 6.45) is 0. The SMILES string of the molecule is CC(C)(C)OC(=O)c1ccc(OB(O)O)c(N)c1. The molecule has 0 aliphatic heterocycles. The van der Waals surface area contributed by atoms with Gasteiger partial charge in [0.15, 0.2) is 0 Å². The molecule has 6 nitrogen and oxygen atoms in total. The van der Waals surface area contributed by atoms with E-state index in [1.807, 2.05) is 0 Å². The third-order valence-corrected chi connectivity index (χ3v) is 1.88. The zero-order chi connectivity index (χ0) is 13.9. The number of nitrogens with two attached hydrogens (primary N) is 1. The highest BCUT2D eigenvalue weighted by molar-refractivity contribution is 6.34. The Morgan fingerprint density at radius 1 is 1.33 bits per heavy atom. The number of carbonyl (C=O) groups excluding carboxylic acids is 1. The van der Waals surface area contributed by atoms with Gasteiger partial charge in [0, 0.05) is 0 Å². The van der Waals surface area contributed by atoms with Crippen molar-refractivity contribution in [2.45, 2.75) is 26.4 Å². The van der Waals surface area contributed by atoms with Gasteiger partial charge in [-0.15, -0.1) is 0 Å². The van der Waals surface area contributed by atoms with Crippen molar-refractivity contribution in [3.05, 3.63) is 23.8 Å². The summed E-state index contributed by atoms with van der Waals surface area (Å²) >= 11 is 0. The Morgan fingerprint density at radius 2 is 1.94 bits per heavy atom. The van der Waals surface area contributed by atoms with Crippen molar-refractivity contribution in [3.8, 4) is 5.75 Å². The standard InChI is InChI=1S/C11H16BNO5/c1-11(2,3)17-10(14)7-4-5-9(8(13)6-7)18-12(15)16/h4-6,15-16H,13H2,1-3H3. The van der Waals surface area contributed by atoms with Crippen LogP contribution in [0, 0.1) is 0 Å². The second kappa shape index (κ2) is 5.28. The van der Waals surface area contributed by atoms with Crippen LogP contribution in [-0.4, -0.2) is 28.9 Å². The third-order valence-electron chi connectivity index (χ3n) is 1.88.